The molecule has 2 aromatic carbocycles. The quantitative estimate of drug-likeness (QED) is 0.323. The summed E-state index contributed by atoms with van der Waals surface area (Å²) in [6.07, 6.45) is 0. The van der Waals surface area contributed by atoms with Crippen molar-refractivity contribution in [2.75, 3.05) is 0 Å². The van der Waals surface area contributed by atoms with E-state index in [1.165, 1.54) is 0 Å². The van der Waals surface area contributed by atoms with Gasteiger partial charge in [0.15, 0.2) is 0 Å². The third-order valence-corrected chi connectivity index (χ3v) is 9.46. The van der Waals surface area contributed by atoms with Crippen molar-refractivity contribution in [2.24, 2.45) is 10.2 Å². The second-order valence-corrected chi connectivity index (χ2v) is 9.66. The maximum absolute atomic E-state index is 8.56. The average molecular weight is 394 g/mol. The molecule has 0 heterocycles. The third kappa shape index (κ3) is 3.79. The summed E-state index contributed by atoms with van der Waals surface area (Å²) < 4.78 is 2.13. The van der Waals surface area contributed by atoms with Crippen molar-refractivity contribution in [3.63, 3.8) is 0 Å². The van der Waals surface area contributed by atoms with Gasteiger partial charge in [-0.3, -0.25) is 0 Å². The Hall–Kier alpha value is -1.90. The molecular formula is C12H8N6Se2. The summed E-state index contributed by atoms with van der Waals surface area (Å²) in [5, 5.41) is 7.40. The molecule has 8 heteroatoms. The van der Waals surface area contributed by atoms with Gasteiger partial charge in [-0.2, -0.15) is 0 Å². The third-order valence-electron chi connectivity index (χ3n) is 2.26. The summed E-state index contributed by atoms with van der Waals surface area (Å²) in [6.45, 7) is 0. The molecule has 0 atom stereocenters. The molecule has 0 N–H and O–H groups in total. The molecule has 6 nitrogen and oxygen atoms in total. The van der Waals surface area contributed by atoms with Gasteiger partial charge in [-0.15, -0.1) is 0 Å². The number of hydrogen-bond donors (Lipinski definition) is 0. The van der Waals surface area contributed by atoms with Crippen LogP contribution in [0.4, 0.5) is 11.4 Å². The maximum atomic E-state index is 8.56. The van der Waals surface area contributed by atoms with Crippen molar-refractivity contribution in [1.29, 1.82) is 0 Å². The van der Waals surface area contributed by atoms with Crippen LogP contribution in [0.5, 0.6) is 0 Å². The first kappa shape index (κ1) is 14.5. The molecule has 0 saturated heterocycles. The Bertz CT molecular complexity index is 643. The van der Waals surface area contributed by atoms with Crippen molar-refractivity contribution in [3.05, 3.63) is 69.4 Å². The van der Waals surface area contributed by atoms with Gasteiger partial charge in [-0.05, 0) is 0 Å². The van der Waals surface area contributed by atoms with Crippen molar-refractivity contribution < 1.29 is 0 Å². The van der Waals surface area contributed by atoms with E-state index in [9.17, 15) is 0 Å². The van der Waals surface area contributed by atoms with Crippen LogP contribution in [0.1, 0.15) is 0 Å². The SMILES string of the molecule is [N-]=[N+]=Nc1ccccc1[Se][Se]c1ccccc1N=[N+]=[N-]. The predicted molar refractivity (Wildman–Crippen MR) is 81.3 cm³/mol. The second-order valence-electron chi connectivity index (χ2n) is 3.48. The number of benzene rings is 2. The number of hydrogen-bond acceptors (Lipinski definition) is 2. The van der Waals surface area contributed by atoms with E-state index in [1.54, 1.807) is 0 Å². The van der Waals surface area contributed by atoms with Crippen LogP contribution in [-0.4, -0.2) is 26.3 Å². The Morgan fingerprint density at radius 2 is 1.10 bits per heavy atom. The fourth-order valence-electron chi connectivity index (χ4n) is 1.41. The van der Waals surface area contributed by atoms with Crippen LogP contribution in [0.25, 0.3) is 20.9 Å². The second kappa shape index (κ2) is 7.63. The molecule has 0 fully saturated rings. The normalized spacial score (nSPS) is 9.40. The van der Waals surface area contributed by atoms with Crippen molar-refractivity contribution >= 4 is 46.6 Å². The van der Waals surface area contributed by atoms with Crippen molar-refractivity contribution in [2.45, 2.75) is 0 Å². The fraction of sp³-hybridized carbons (Fsp3) is 0. The minimum atomic E-state index is 0.166. The van der Waals surface area contributed by atoms with Gasteiger partial charge in [-0.1, -0.05) is 0 Å². The van der Waals surface area contributed by atoms with Gasteiger partial charge in [-0.25, -0.2) is 0 Å². The molecular weight excluding hydrogens is 386 g/mol. The number of rotatable bonds is 5. The molecule has 0 amide bonds. The Morgan fingerprint density at radius 3 is 1.50 bits per heavy atom. The Balaban J connectivity index is 2.21. The van der Waals surface area contributed by atoms with Gasteiger partial charge >= 0.3 is 126 Å². The summed E-state index contributed by atoms with van der Waals surface area (Å²) in [5.74, 6) is 0. The molecule has 0 aliphatic carbocycles. The van der Waals surface area contributed by atoms with Crippen LogP contribution in [0.3, 0.4) is 0 Å². The van der Waals surface area contributed by atoms with E-state index in [4.69, 9.17) is 11.1 Å². The summed E-state index contributed by atoms with van der Waals surface area (Å²) in [5.41, 5.74) is 18.5. The molecule has 0 bridgehead atoms. The number of nitrogens with zero attached hydrogens (tertiary/aromatic N) is 6. The van der Waals surface area contributed by atoms with E-state index in [-0.39, 0.29) is 26.3 Å². The summed E-state index contributed by atoms with van der Waals surface area (Å²) in [7, 11) is 0. The van der Waals surface area contributed by atoms with Crippen LogP contribution in [-0.2, 0) is 0 Å². The summed E-state index contributed by atoms with van der Waals surface area (Å²) in [4.78, 5) is 5.69. The topological polar surface area (TPSA) is 97.5 Å². The van der Waals surface area contributed by atoms with Crippen LogP contribution >= 0.6 is 0 Å². The molecule has 0 unspecified atom stereocenters. The standard InChI is InChI=1S/C12H8N6Se2/c13-17-15-9-5-1-3-7-11(9)19-20-12-8-4-2-6-10(12)16-18-14/h1-8H. The van der Waals surface area contributed by atoms with Crippen molar-refractivity contribution in [1.82, 2.24) is 0 Å². The molecule has 0 saturated carbocycles. The van der Waals surface area contributed by atoms with E-state index < -0.39 is 0 Å². The van der Waals surface area contributed by atoms with Crippen LogP contribution in [0.2, 0.25) is 0 Å². The Kier molecular flexibility index (Phi) is 5.53. The van der Waals surface area contributed by atoms with Crippen LogP contribution < -0.4 is 8.92 Å². The zero-order valence-electron chi connectivity index (χ0n) is 10.1. The average Bonchev–Trinajstić information content (AvgIpc) is 2.48. The first-order chi connectivity index (χ1) is 9.85. The molecule has 0 aromatic heterocycles. The zero-order chi connectivity index (χ0) is 14.2. The molecule has 0 radical (unpaired) electrons. The van der Waals surface area contributed by atoms with Gasteiger partial charge in [0.2, 0.25) is 0 Å². The van der Waals surface area contributed by atoms with E-state index in [0.29, 0.717) is 11.4 Å². The molecule has 0 aliphatic rings. The molecule has 2 aromatic rings. The number of azide groups is 2. The van der Waals surface area contributed by atoms with Crippen molar-refractivity contribution in [3.8, 4) is 0 Å². The zero-order valence-corrected chi connectivity index (χ0v) is 13.5. The fourth-order valence-corrected chi connectivity index (χ4v) is 8.19. The Morgan fingerprint density at radius 1 is 0.700 bits per heavy atom. The van der Waals surface area contributed by atoms with E-state index >= 15 is 0 Å². The first-order valence-electron chi connectivity index (χ1n) is 5.48. The molecule has 20 heavy (non-hydrogen) atoms. The van der Waals surface area contributed by atoms with Gasteiger partial charge in [0.1, 0.15) is 0 Å². The molecule has 2 rings (SSSR count). The van der Waals surface area contributed by atoms with Gasteiger partial charge in [0, 0.05) is 0 Å². The summed E-state index contributed by atoms with van der Waals surface area (Å²) >= 11 is 0.331. The van der Waals surface area contributed by atoms with E-state index in [0.717, 1.165) is 8.92 Å². The van der Waals surface area contributed by atoms with Crippen LogP contribution in [0.15, 0.2) is 58.8 Å². The monoisotopic (exact) mass is 396 g/mol. The molecule has 98 valence electrons. The Labute approximate surface area is 126 Å². The molecule has 0 spiro atoms. The predicted octanol–water partition coefficient (Wildman–Crippen LogP) is 2.84. The summed E-state index contributed by atoms with van der Waals surface area (Å²) in [6, 6.07) is 15.1. The van der Waals surface area contributed by atoms with Gasteiger partial charge < -0.3 is 0 Å². The first-order valence-corrected chi connectivity index (χ1v) is 11.5. The van der Waals surface area contributed by atoms with Crippen LogP contribution in [0, 0.1) is 0 Å². The van der Waals surface area contributed by atoms with E-state index in [1.807, 2.05) is 48.5 Å². The molecule has 0 aliphatic heterocycles. The minimum absolute atomic E-state index is 0.166. The van der Waals surface area contributed by atoms with E-state index in [2.05, 4.69) is 20.1 Å². The van der Waals surface area contributed by atoms with Gasteiger partial charge in [0.25, 0.3) is 0 Å². The van der Waals surface area contributed by atoms with Gasteiger partial charge in [0.05, 0.1) is 0 Å².